The van der Waals surface area contributed by atoms with E-state index >= 15 is 0 Å². The Labute approximate surface area is 153 Å². The number of hydrogen-bond donors (Lipinski definition) is 1. The van der Waals surface area contributed by atoms with E-state index < -0.39 is 0 Å². The predicted molar refractivity (Wildman–Crippen MR) is 106 cm³/mol. The number of carbonyl (C=O) groups is 1. The second-order valence-electron chi connectivity index (χ2n) is 6.11. The summed E-state index contributed by atoms with van der Waals surface area (Å²) >= 11 is 1.54. The molecule has 3 aromatic rings. The molecule has 0 aliphatic carbocycles. The van der Waals surface area contributed by atoms with Crippen LogP contribution >= 0.6 is 11.3 Å². The van der Waals surface area contributed by atoms with Crippen LogP contribution < -0.4 is 5.32 Å². The first kappa shape index (κ1) is 17.6. The smallest absolute Gasteiger partial charge is 0.261 e. The summed E-state index contributed by atoms with van der Waals surface area (Å²) < 4.78 is 1.15. The Morgan fingerprint density at radius 2 is 1.68 bits per heavy atom. The first-order chi connectivity index (χ1) is 12.2. The summed E-state index contributed by atoms with van der Waals surface area (Å²) in [5, 5.41) is 4.14. The van der Waals surface area contributed by atoms with E-state index in [9.17, 15) is 4.79 Å². The summed E-state index contributed by atoms with van der Waals surface area (Å²) in [6.45, 7) is 8.01. The maximum Gasteiger partial charge on any atom is 0.261 e. The summed E-state index contributed by atoms with van der Waals surface area (Å²) in [5.74, 6) is -0.00609. The van der Waals surface area contributed by atoms with Gasteiger partial charge in [0.25, 0.3) is 5.91 Å². The van der Waals surface area contributed by atoms with Gasteiger partial charge in [-0.1, -0.05) is 56.3 Å². The number of thiophene rings is 1. The van der Waals surface area contributed by atoms with Gasteiger partial charge < -0.3 is 5.32 Å². The van der Waals surface area contributed by atoms with Crippen molar-refractivity contribution in [2.75, 3.05) is 13.1 Å². The number of hydrogen-bond acceptors (Lipinski definition) is 3. The Balaban J connectivity index is 1.58. The standard InChI is InChI=1S/C21H24N2OS/c1-3-23(4-2)15-17-11-9-16(10-12-17)14-22-21(24)20-13-18-7-5-6-8-19(18)25-20/h5-13H,3-4,14-15H2,1-2H3,(H,22,24). The van der Waals surface area contributed by atoms with Crippen molar-refractivity contribution in [1.29, 1.82) is 0 Å². The monoisotopic (exact) mass is 352 g/mol. The third-order valence-electron chi connectivity index (χ3n) is 4.43. The topological polar surface area (TPSA) is 32.3 Å². The van der Waals surface area contributed by atoms with E-state index in [0.717, 1.165) is 40.2 Å². The lowest BCUT2D eigenvalue weighted by molar-refractivity contribution is 0.0955. The molecule has 0 saturated carbocycles. The Morgan fingerprint density at radius 1 is 1.00 bits per heavy atom. The fourth-order valence-corrected chi connectivity index (χ4v) is 3.81. The SMILES string of the molecule is CCN(CC)Cc1ccc(CNC(=O)c2cc3ccccc3s2)cc1. The second-order valence-corrected chi connectivity index (χ2v) is 7.19. The summed E-state index contributed by atoms with van der Waals surface area (Å²) in [5.41, 5.74) is 2.43. The summed E-state index contributed by atoms with van der Waals surface area (Å²) in [6, 6.07) is 18.6. The van der Waals surface area contributed by atoms with Crippen molar-refractivity contribution in [3.63, 3.8) is 0 Å². The molecule has 25 heavy (non-hydrogen) atoms. The molecular formula is C21H24N2OS. The van der Waals surface area contributed by atoms with E-state index in [1.165, 1.54) is 16.9 Å². The highest BCUT2D eigenvalue weighted by Gasteiger charge is 2.09. The second kappa shape index (κ2) is 8.28. The average Bonchev–Trinajstić information content (AvgIpc) is 3.09. The zero-order valence-corrected chi connectivity index (χ0v) is 15.6. The number of fused-ring (bicyclic) bond motifs is 1. The predicted octanol–water partition coefficient (Wildman–Crippen LogP) is 4.67. The molecule has 0 bridgehead atoms. The van der Waals surface area contributed by atoms with Crippen LogP contribution in [0.3, 0.4) is 0 Å². The molecular weight excluding hydrogens is 328 g/mol. The van der Waals surface area contributed by atoms with Crippen LogP contribution in [-0.4, -0.2) is 23.9 Å². The van der Waals surface area contributed by atoms with Crippen molar-refractivity contribution >= 4 is 27.3 Å². The molecule has 1 N–H and O–H groups in total. The lowest BCUT2D eigenvalue weighted by atomic mass is 10.1. The number of rotatable bonds is 7. The molecule has 0 atom stereocenters. The van der Waals surface area contributed by atoms with Gasteiger partial charge >= 0.3 is 0 Å². The van der Waals surface area contributed by atoms with Crippen molar-refractivity contribution in [2.45, 2.75) is 26.9 Å². The van der Waals surface area contributed by atoms with Gasteiger partial charge in [-0.25, -0.2) is 0 Å². The van der Waals surface area contributed by atoms with E-state index in [-0.39, 0.29) is 5.91 Å². The van der Waals surface area contributed by atoms with Crippen molar-refractivity contribution in [2.24, 2.45) is 0 Å². The van der Waals surface area contributed by atoms with Crippen LogP contribution in [0, 0.1) is 0 Å². The highest BCUT2D eigenvalue weighted by molar-refractivity contribution is 7.20. The van der Waals surface area contributed by atoms with Crippen LogP contribution in [0.1, 0.15) is 34.6 Å². The lowest BCUT2D eigenvalue weighted by Gasteiger charge is -2.18. The van der Waals surface area contributed by atoms with Gasteiger partial charge in [-0.05, 0) is 41.7 Å². The number of nitrogens with zero attached hydrogens (tertiary/aromatic N) is 1. The zero-order chi connectivity index (χ0) is 17.6. The molecule has 0 radical (unpaired) electrons. The van der Waals surface area contributed by atoms with E-state index in [1.54, 1.807) is 0 Å². The highest BCUT2D eigenvalue weighted by Crippen LogP contribution is 2.25. The Bertz CT molecular complexity index is 801. The molecule has 4 heteroatoms. The third kappa shape index (κ3) is 4.47. The maximum absolute atomic E-state index is 12.4. The summed E-state index contributed by atoms with van der Waals surface area (Å²) in [7, 11) is 0. The van der Waals surface area contributed by atoms with E-state index in [2.05, 4.69) is 48.3 Å². The van der Waals surface area contributed by atoms with E-state index in [4.69, 9.17) is 0 Å². The van der Waals surface area contributed by atoms with Crippen LogP contribution in [0.4, 0.5) is 0 Å². The molecule has 1 heterocycles. The third-order valence-corrected chi connectivity index (χ3v) is 5.54. The number of nitrogens with one attached hydrogen (secondary N) is 1. The minimum absolute atomic E-state index is 0.00609. The van der Waals surface area contributed by atoms with Gasteiger partial charge in [0.1, 0.15) is 0 Å². The molecule has 2 aromatic carbocycles. The molecule has 0 spiro atoms. The van der Waals surface area contributed by atoms with Gasteiger partial charge in [0, 0.05) is 17.8 Å². The minimum Gasteiger partial charge on any atom is -0.347 e. The fourth-order valence-electron chi connectivity index (χ4n) is 2.83. The molecule has 0 aliphatic rings. The van der Waals surface area contributed by atoms with Crippen LogP contribution in [0.5, 0.6) is 0 Å². The Kier molecular flexibility index (Phi) is 5.84. The molecule has 0 aliphatic heterocycles. The molecule has 3 rings (SSSR count). The lowest BCUT2D eigenvalue weighted by Crippen LogP contribution is -2.22. The van der Waals surface area contributed by atoms with Crippen LogP contribution in [0.15, 0.2) is 54.6 Å². The van der Waals surface area contributed by atoms with Gasteiger partial charge in [-0.15, -0.1) is 11.3 Å². The normalized spacial score (nSPS) is 11.2. The van der Waals surface area contributed by atoms with Gasteiger partial charge in [-0.2, -0.15) is 0 Å². The first-order valence-electron chi connectivity index (χ1n) is 8.76. The Hall–Kier alpha value is -2.17. The van der Waals surface area contributed by atoms with Gasteiger partial charge in [0.2, 0.25) is 0 Å². The van der Waals surface area contributed by atoms with Crippen LogP contribution in [0.2, 0.25) is 0 Å². The van der Waals surface area contributed by atoms with Crippen molar-refractivity contribution in [3.8, 4) is 0 Å². The molecule has 130 valence electrons. The van der Waals surface area contributed by atoms with Gasteiger partial charge in [-0.3, -0.25) is 9.69 Å². The van der Waals surface area contributed by atoms with Crippen LogP contribution in [0.25, 0.3) is 10.1 Å². The molecule has 3 nitrogen and oxygen atoms in total. The summed E-state index contributed by atoms with van der Waals surface area (Å²) in [4.78, 5) is 15.5. The molecule has 0 fully saturated rings. The largest absolute Gasteiger partial charge is 0.347 e. The highest BCUT2D eigenvalue weighted by atomic mass is 32.1. The zero-order valence-electron chi connectivity index (χ0n) is 14.8. The number of benzene rings is 2. The van der Waals surface area contributed by atoms with Gasteiger partial charge in [0.05, 0.1) is 4.88 Å². The Morgan fingerprint density at radius 3 is 2.36 bits per heavy atom. The van der Waals surface area contributed by atoms with Gasteiger partial charge in [0.15, 0.2) is 0 Å². The maximum atomic E-state index is 12.4. The molecule has 1 aromatic heterocycles. The van der Waals surface area contributed by atoms with Crippen molar-refractivity contribution < 1.29 is 4.79 Å². The molecule has 1 amide bonds. The number of amides is 1. The van der Waals surface area contributed by atoms with Crippen molar-refractivity contribution in [1.82, 2.24) is 10.2 Å². The van der Waals surface area contributed by atoms with Crippen LogP contribution in [-0.2, 0) is 13.1 Å². The fraction of sp³-hybridized carbons (Fsp3) is 0.286. The minimum atomic E-state index is -0.00609. The molecule has 0 unspecified atom stereocenters. The van der Waals surface area contributed by atoms with E-state index in [1.807, 2.05) is 30.3 Å². The number of carbonyl (C=O) groups excluding carboxylic acids is 1. The quantitative estimate of drug-likeness (QED) is 0.670. The van der Waals surface area contributed by atoms with E-state index in [0.29, 0.717) is 6.54 Å². The van der Waals surface area contributed by atoms with Crippen molar-refractivity contribution in [3.05, 3.63) is 70.6 Å². The summed E-state index contributed by atoms with van der Waals surface area (Å²) in [6.07, 6.45) is 0. The first-order valence-corrected chi connectivity index (χ1v) is 9.58. The average molecular weight is 353 g/mol. The molecule has 0 saturated heterocycles.